The van der Waals surface area contributed by atoms with Crippen LogP contribution in [0.5, 0.6) is 0 Å². The van der Waals surface area contributed by atoms with Gasteiger partial charge in [0.25, 0.3) is 0 Å². The minimum Gasteiger partial charge on any atom is -0.748 e. The fourth-order valence-electron chi connectivity index (χ4n) is 5.25. The number of quaternary nitrogens is 2. The molecule has 0 amide bonds. The van der Waals surface area contributed by atoms with Crippen molar-refractivity contribution in [3.63, 3.8) is 0 Å². The summed E-state index contributed by atoms with van der Waals surface area (Å²) >= 11 is 0. The molecule has 0 bridgehead atoms. The van der Waals surface area contributed by atoms with Gasteiger partial charge in [-0.1, -0.05) is 13.0 Å². The molecule has 60 heavy (non-hydrogen) atoms. The minimum absolute atomic E-state index is 0.0614. The molecule has 0 aliphatic carbocycles. The highest BCUT2D eigenvalue weighted by Crippen LogP contribution is 2.22. The zero-order valence-electron chi connectivity index (χ0n) is 35.9. The van der Waals surface area contributed by atoms with Crippen LogP contribution in [0.3, 0.4) is 0 Å². The van der Waals surface area contributed by atoms with Crippen LogP contribution in [0.2, 0.25) is 0 Å². The van der Waals surface area contributed by atoms with E-state index in [-0.39, 0.29) is 36.3 Å². The van der Waals surface area contributed by atoms with Crippen LogP contribution in [0.1, 0.15) is 39.3 Å². The fraction of sp³-hybridized carbons (Fsp3) is 0.727. The molecule has 0 radical (unpaired) electrons. The SMILES string of the molecule is CC1CC[N+](C)(CS(=O)(=O)[O-])CC1.CC1N(C)C=CN1CCS(=O)(=O)[O-].CC1N(C)C=CN1CS(=O)(=O)[O-].C[N+](C)(C)CCS(=O)(=O)[O-].Cc1cccc[n+]1CS(=O)(=O)[O-]. The fourth-order valence-corrected chi connectivity index (χ4v) is 8.78. The van der Waals surface area contributed by atoms with E-state index < -0.39 is 62.3 Å². The molecule has 1 aromatic heterocycles. The molecule has 2 unspecified atom stereocenters. The lowest BCUT2D eigenvalue weighted by Crippen LogP contribution is -2.52. The molecule has 22 nitrogen and oxygen atoms in total. The van der Waals surface area contributed by atoms with Crippen LogP contribution in [0.4, 0.5) is 0 Å². The Hall–Kier alpha value is -2.70. The van der Waals surface area contributed by atoms with Gasteiger partial charge in [0.15, 0.2) is 27.9 Å². The van der Waals surface area contributed by atoms with Gasteiger partial charge >= 0.3 is 0 Å². The Balaban J connectivity index is 0.000000728. The summed E-state index contributed by atoms with van der Waals surface area (Å²) in [5.74, 6) is -1.17. The van der Waals surface area contributed by atoms with Crippen LogP contribution in [0.15, 0.2) is 49.2 Å². The van der Waals surface area contributed by atoms with Gasteiger partial charge in [-0.3, -0.25) is 0 Å². The first-order valence-corrected chi connectivity index (χ1v) is 26.3. The first-order chi connectivity index (χ1) is 26.8. The van der Waals surface area contributed by atoms with Crippen molar-refractivity contribution in [1.82, 2.24) is 19.6 Å². The van der Waals surface area contributed by atoms with E-state index in [4.69, 9.17) is 0 Å². The maximum absolute atomic E-state index is 10.6. The normalized spacial score (nSPS) is 22.1. The number of aryl methyl sites for hydroxylation is 1. The number of likely N-dealkylation sites (tertiary alicyclic amines) is 1. The summed E-state index contributed by atoms with van der Waals surface area (Å²) in [7, 11) is -9.47. The second kappa shape index (κ2) is 23.7. The molecule has 0 N–H and O–H groups in total. The van der Waals surface area contributed by atoms with Crippen molar-refractivity contribution < 1.29 is 78.4 Å². The minimum atomic E-state index is -4.19. The van der Waals surface area contributed by atoms with E-state index in [2.05, 4.69) is 6.92 Å². The third-order valence-electron chi connectivity index (χ3n) is 9.30. The van der Waals surface area contributed by atoms with E-state index in [0.29, 0.717) is 21.4 Å². The molecular formula is C33H63N7O15S5-2. The summed E-state index contributed by atoms with van der Waals surface area (Å²) in [6.07, 6.45) is 10.6. The van der Waals surface area contributed by atoms with Gasteiger partial charge in [0.05, 0.1) is 81.8 Å². The van der Waals surface area contributed by atoms with Crippen LogP contribution in [-0.2, 0) is 56.5 Å². The molecular weight excluding hydrogens is 895 g/mol. The zero-order valence-corrected chi connectivity index (χ0v) is 40.0. The lowest BCUT2D eigenvalue weighted by atomic mass is 9.98. The molecule has 4 heterocycles. The Bertz CT molecular complexity index is 2110. The molecule has 3 aliphatic heterocycles. The second-order valence-corrected chi connectivity index (χ2v) is 23.3. The number of hydrogen-bond donors (Lipinski definition) is 0. The van der Waals surface area contributed by atoms with Crippen LogP contribution < -0.4 is 4.57 Å². The van der Waals surface area contributed by atoms with Gasteiger partial charge in [-0.2, -0.15) is 4.57 Å². The maximum atomic E-state index is 10.6. The van der Waals surface area contributed by atoms with E-state index in [9.17, 15) is 64.9 Å². The van der Waals surface area contributed by atoms with Gasteiger partial charge in [-0.25, -0.2) is 42.1 Å². The Morgan fingerprint density at radius 2 is 1.15 bits per heavy atom. The van der Waals surface area contributed by atoms with Crippen molar-refractivity contribution in [2.45, 2.75) is 58.7 Å². The summed E-state index contributed by atoms with van der Waals surface area (Å²) in [6.45, 7) is 9.91. The third-order valence-corrected chi connectivity index (χ3v) is 12.8. The van der Waals surface area contributed by atoms with Gasteiger partial charge in [0.1, 0.15) is 36.2 Å². The van der Waals surface area contributed by atoms with E-state index >= 15 is 0 Å². The van der Waals surface area contributed by atoms with E-state index in [0.717, 1.165) is 31.6 Å². The van der Waals surface area contributed by atoms with E-state index in [1.165, 1.54) is 9.47 Å². The number of aromatic nitrogens is 1. The Kier molecular flexibility index (Phi) is 22.6. The van der Waals surface area contributed by atoms with Crippen molar-refractivity contribution in [3.05, 3.63) is 54.9 Å². The average Bonchev–Trinajstić information content (AvgIpc) is 3.54. The van der Waals surface area contributed by atoms with Crippen LogP contribution in [0, 0.1) is 12.8 Å². The number of piperidine rings is 1. The summed E-state index contributed by atoms with van der Waals surface area (Å²) in [5, 5.41) is 0. The molecule has 1 saturated heterocycles. The molecule has 3 aliphatic rings. The van der Waals surface area contributed by atoms with Crippen molar-refractivity contribution in [3.8, 4) is 0 Å². The lowest BCUT2D eigenvalue weighted by molar-refractivity contribution is -0.904. The van der Waals surface area contributed by atoms with Crippen molar-refractivity contribution in [2.24, 2.45) is 5.92 Å². The molecule has 1 fully saturated rings. The van der Waals surface area contributed by atoms with Gasteiger partial charge in [-0.05, 0) is 32.6 Å². The quantitative estimate of drug-likeness (QED) is 0.131. The molecule has 0 aromatic carbocycles. The highest BCUT2D eigenvalue weighted by molar-refractivity contribution is 7.86. The van der Waals surface area contributed by atoms with Crippen LogP contribution in [-0.4, -0.2) is 197 Å². The number of nitrogens with zero attached hydrogens (tertiary/aromatic N) is 7. The second-order valence-electron chi connectivity index (χ2n) is 16.1. The summed E-state index contributed by atoms with van der Waals surface area (Å²) < 4.78 is 158. The van der Waals surface area contributed by atoms with Gasteiger partial charge in [0.2, 0.25) is 5.88 Å². The average molecular weight is 958 g/mol. The highest BCUT2D eigenvalue weighted by Gasteiger charge is 2.30. The first kappa shape index (κ1) is 57.3. The maximum Gasteiger partial charge on any atom is 0.236 e. The van der Waals surface area contributed by atoms with Crippen LogP contribution in [0.25, 0.3) is 0 Å². The topological polar surface area (TPSA) is 303 Å². The monoisotopic (exact) mass is 957 g/mol. The molecule has 27 heteroatoms. The molecule has 0 saturated carbocycles. The van der Waals surface area contributed by atoms with Gasteiger partial charge in [-0.15, -0.1) is 0 Å². The lowest BCUT2D eigenvalue weighted by Gasteiger charge is -2.40. The molecule has 0 spiro atoms. The number of rotatable bonds is 12. The Morgan fingerprint density at radius 1 is 0.683 bits per heavy atom. The molecule has 4 rings (SSSR count). The van der Waals surface area contributed by atoms with E-state index in [1.54, 1.807) is 49.9 Å². The predicted octanol–water partition coefficient (Wildman–Crippen LogP) is -1.46. The zero-order chi connectivity index (χ0) is 47.1. The van der Waals surface area contributed by atoms with Gasteiger partial charge < -0.3 is 51.3 Å². The first-order valence-electron chi connectivity index (χ1n) is 18.4. The largest absolute Gasteiger partial charge is 0.748 e. The summed E-state index contributed by atoms with van der Waals surface area (Å²) in [4.78, 5) is 7.06. The van der Waals surface area contributed by atoms with Crippen LogP contribution >= 0.6 is 0 Å². The van der Waals surface area contributed by atoms with Crippen molar-refractivity contribution in [2.75, 3.05) is 91.7 Å². The Morgan fingerprint density at radius 3 is 1.48 bits per heavy atom. The predicted molar refractivity (Wildman–Crippen MR) is 218 cm³/mol. The van der Waals surface area contributed by atoms with Crippen molar-refractivity contribution in [1.29, 1.82) is 0 Å². The third kappa shape index (κ3) is 28.8. The number of pyridine rings is 1. The van der Waals surface area contributed by atoms with Crippen molar-refractivity contribution >= 4 is 50.6 Å². The summed E-state index contributed by atoms with van der Waals surface area (Å²) in [6, 6.07) is 5.20. The molecule has 1 aromatic rings. The standard InChI is InChI=1S/C8H17NO3S.C7H14N2O3S.C7H9NO3S.C6H12N2O3S.C5H13NO3S/c1-8-3-5-9(2,6-4-8)7-13(10,11)12;1-7-8(2)3-4-9(7)5-6-13(10,11)12;1-7-4-2-3-5-8(7)6-12(9,10)11;1-6-7(2)3-4-8(6)5-12(9,10)11;1-6(2,3)4-5-10(7,8)9/h8H,3-7H2,1-2H3;3-4,7H,5-6H2,1-2H3,(H,10,11,12);2-5H,6H2,1H3;3-4,6H,5H2,1-2H3,(H,9,10,11);4-5H2,1-3H3/p-2. The smallest absolute Gasteiger partial charge is 0.236 e. The molecule has 2 atom stereocenters. The Labute approximate surface area is 358 Å². The summed E-state index contributed by atoms with van der Waals surface area (Å²) in [5.41, 5.74) is 0.747. The number of hydrogen-bond acceptors (Lipinski definition) is 19. The highest BCUT2D eigenvalue weighted by atomic mass is 32.2. The van der Waals surface area contributed by atoms with Gasteiger partial charge in [0, 0.05) is 64.5 Å². The molecule has 352 valence electrons. The van der Waals surface area contributed by atoms with E-state index in [1.807, 2.05) is 77.0 Å².